The quantitative estimate of drug-likeness (QED) is 0.378. The van der Waals surface area contributed by atoms with Crippen molar-refractivity contribution in [2.24, 2.45) is 7.05 Å². The zero-order chi connectivity index (χ0) is 24.2. The van der Waals surface area contributed by atoms with Crippen LogP contribution in [-0.4, -0.2) is 38.9 Å². The van der Waals surface area contributed by atoms with Crippen LogP contribution in [0, 0.1) is 11.3 Å². The zero-order valence-electron chi connectivity index (χ0n) is 19.8. The Bertz CT molecular complexity index is 1320. The molecule has 4 heterocycles. The molecule has 8 nitrogen and oxygen atoms in total. The van der Waals surface area contributed by atoms with Crippen LogP contribution in [0.1, 0.15) is 35.7 Å². The van der Waals surface area contributed by atoms with Crippen LogP contribution < -0.4 is 16.0 Å². The first-order valence-corrected chi connectivity index (χ1v) is 11.7. The first kappa shape index (κ1) is 22.6. The lowest BCUT2D eigenvalue weighted by Gasteiger charge is -2.35. The number of aryl methyl sites for hydroxylation is 1. The van der Waals surface area contributed by atoms with Crippen molar-refractivity contribution in [3.8, 4) is 17.2 Å². The molecule has 3 atom stereocenters. The van der Waals surface area contributed by atoms with Crippen molar-refractivity contribution in [1.82, 2.24) is 25.1 Å². The molecule has 0 saturated heterocycles. The summed E-state index contributed by atoms with van der Waals surface area (Å²) in [6.07, 6.45) is 7.52. The van der Waals surface area contributed by atoms with Crippen molar-refractivity contribution >= 4 is 11.5 Å². The molecule has 5 rings (SSSR count). The fourth-order valence-corrected chi connectivity index (χ4v) is 4.43. The molecule has 35 heavy (non-hydrogen) atoms. The number of nitriles is 1. The highest BCUT2D eigenvalue weighted by Gasteiger charge is 2.28. The lowest BCUT2D eigenvalue weighted by Crippen LogP contribution is -2.45. The topological polar surface area (TPSA) is 103 Å². The van der Waals surface area contributed by atoms with Gasteiger partial charge in [-0.25, -0.2) is 9.97 Å². The molecule has 0 bridgehead atoms. The van der Waals surface area contributed by atoms with E-state index in [2.05, 4.69) is 69.4 Å². The lowest BCUT2D eigenvalue weighted by atomic mass is 9.95. The highest BCUT2D eigenvalue weighted by molar-refractivity contribution is 5.75. The van der Waals surface area contributed by atoms with Crippen molar-refractivity contribution in [2.75, 3.05) is 23.7 Å². The normalized spacial score (nSPS) is 16.3. The average molecular weight is 465 g/mol. The lowest BCUT2D eigenvalue weighted by molar-refractivity contribution is 0.453. The van der Waals surface area contributed by atoms with Crippen LogP contribution >= 0.6 is 0 Å². The van der Waals surface area contributed by atoms with E-state index in [4.69, 9.17) is 10.2 Å². The van der Waals surface area contributed by atoms with Crippen LogP contribution in [0.2, 0.25) is 0 Å². The van der Waals surface area contributed by atoms with Crippen molar-refractivity contribution < 1.29 is 0 Å². The fourth-order valence-electron chi connectivity index (χ4n) is 4.43. The van der Waals surface area contributed by atoms with Crippen molar-refractivity contribution in [2.45, 2.75) is 24.9 Å². The van der Waals surface area contributed by atoms with Gasteiger partial charge < -0.3 is 16.0 Å². The minimum absolute atomic E-state index is 0.0745. The molecular weight excluding hydrogens is 436 g/mol. The number of hydrogen-bond donors (Lipinski definition) is 3. The van der Waals surface area contributed by atoms with Crippen molar-refractivity contribution in [3.63, 3.8) is 0 Å². The highest BCUT2D eigenvalue weighted by atomic mass is 15.2. The van der Waals surface area contributed by atoms with E-state index < -0.39 is 0 Å². The van der Waals surface area contributed by atoms with Gasteiger partial charge in [0.1, 0.15) is 17.6 Å². The maximum absolute atomic E-state index is 9.01. The summed E-state index contributed by atoms with van der Waals surface area (Å²) in [5.41, 5.74) is 5.83. The van der Waals surface area contributed by atoms with Crippen LogP contribution in [0.15, 0.2) is 73.3 Å². The van der Waals surface area contributed by atoms with E-state index in [0.29, 0.717) is 5.69 Å². The predicted octanol–water partition coefficient (Wildman–Crippen LogP) is 4.09. The monoisotopic (exact) mass is 464 g/mol. The Balaban J connectivity index is 1.33. The molecule has 0 amide bonds. The number of anilines is 2. The SMILES string of the molecule is C[C@@H](CN[C@H](c1ccccc1)[C@H]1CNc2cc(-c3cnn(C)c3)cnc2N1)c1ccc(C#N)nc1. The van der Waals surface area contributed by atoms with Crippen LogP contribution in [-0.2, 0) is 7.05 Å². The highest BCUT2D eigenvalue weighted by Crippen LogP contribution is 2.32. The molecule has 4 aromatic rings. The summed E-state index contributed by atoms with van der Waals surface area (Å²) in [4.78, 5) is 8.94. The summed E-state index contributed by atoms with van der Waals surface area (Å²) >= 11 is 0. The second kappa shape index (κ2) is 9.95. The number of nitrogens with one attached hydrogen (secondary N) is 3. The van der Waals surface area contributed by atoms with Crippen LogP contribution in [0.5, 0.6) is 0 Å². The molecule has 1 aromatic carbocycles. The largest absolute Gasteiger partial charge is 0.380 e. The first-order valence-electron chi connectivity index (χ1n) is 11.7. The summed E-state index contributed by atoms with van der Waals surface area (Å²) in [6, 6.07) is 18.6. The van der Waals surface area contributed by atoms with Crippen LogP contribution in [0.4, 0.5) is 11.5 Å². The minimum atomic E-state index is 0.0745. The van der Waals surface area contributed by atoms with Gasteiger partial charge in [-0.15, -0.1) is 0 Å². The number of pyridine rings is 2. The summed E-state index contributed by atoms with van der Waals surface area (Å²) < 4.78 is 1.79. The van der Waals surface area contributed by atoms with Gasteiger partial charge in [-0.3, -0.25) is 4.68 Å². The molecule has 0 radical (unpaired) electrons. The molecule has 176 valence electrons. The van der Waals surface area contributed by atoms with Gasteiger partial charge in [-0.1, -0.05) is 43.3 Å². The number of fused-ring (bicyclic) bond motifs is 1. The first-order chi connectivity index (χ1) is 17.1. The number of aromatic nitrogens is 4. The third-order valence-corrected chi connectivity index (χ3v) is 6.44. The molecule has 3 aromatic heterocycles. The van der Waals surface area contributed by atoms with E-state index in [1.165, 1.54) is 5.56 Å². The predicted molar refractivity (Wildman–Crippen MR) is 137 cm³/mol. The Morgan fingerprint density at radius 2 is 1.94 bits per heavy atom. The maximum Gasteiger partial charge on any atom is 0.149 e. The molecule has 0 saturated carbocycles. The zero-order valence-corrected chi connectivity index (χ0v) is 19.8. The smallest absolute Gasteiger partial charge is 0.149 e. The van der Waals surface area contributed by atoms with Gasteiger partial charge in [0, 0.05) is 49.9 Å². The summed E-state index contributed by atoms with van der Waals surface area (Å²) in [6.45, 7) is 3.69. The van der Waals surface area contributed by atoms with Crippen molar-refractivity contribution in [1.29, 1.82) is 5.26 Å². The second-order valence-corrected chi connectivity index (χ2v) is 8.94. The number of nitrogens with zero attached hydrogens (tertiary/aromatic N) is 5. The van der Waals surface area contributed by atoms with Gasteiger partial charge in [0.25, 0.3) is 0 Å². The van der Waals surface area contributed by atoms with Crippen LogP contribution in [0.3, 0.4) is 0 Å². The van der Waals surface area contributed by atoms with Gasteiger partial charge in [0.05, 0.1) is 24.0 Å². The van der Waals surface area contributed by atoms with E-state index in [1.54, 1.807) is 16.9 Å². The summed E-state index contributed by atoms with van der Waals surface area (Å²) in [5, 5.41) is 24.3. The van der Waals surface area contributed by atoms with E-state index in [9.17, 15) is 0 Å². The summed E-state index contributed by atoms with van der Waals surface area (Å²) in [5.74, 6) is 1.09. The molecule has 1 aliphatic heterocycles. The Labute approximate surface area is 205 Å². The van der Waals surface area contributed by atoms with Gasteiger partial charge in [0.15, 0.2) is 0 Å². The maximum atomic E-state index is 9.01. The molecule has 3 N–H and O–H groups in total. The van der Waals surface area contributed by atoms with Crippen LogP contribution in [0.25, 0.3) is 11.1 Å². The van der Waals surface area contributed by atoms with Crippen molar-refractivity contribution in [3.05, 3.63) is 90.1 Å². The minimum Gasteiger partial charge on any atom is -0.380 e. The van der Waals surface area contributed by atoms with Gasteiger partial charge in [0.2, 0.25) is 0 Å². The Morgan fingerprint density at radius 1 is 1.09 bits per heavy atom. The summed E-state index contributed by atoms with van der Waals surface area (Å²) in [7, 11) is 1.91. The number of rotatable bonds is 7. The van der Waals surface area contributed by atoms with E-state index >= 15 is 0 Å². The second-order valence-electron chi connectivity index (χ2n) is 8.94. The average Bonchev–Trinajstić information content (AvgIpc) is 3.35. The fraction of sp³-hybridized carbons (Fsp3) is 0.259. The molecule has 0 aliphatic carbocycles. The van der Waals surface area contributed by atoms with E-state index in [-0.39, 0.29) is 18.0 Å². The molecule has 8 heteroatoms. The molecule has 1 aliphatic rings. The third kappa shape index (κ3) is 5.00. The standard InChI is InChI=1S/C27H28N8/c1-18(20-8-9-23(11-28)29-13-20)12-31-26(19-6-4-3-5-7-19)25-16-30-24-10-21(14-32-27(24)34-25)22-15-33-35(2)17-22/h3-10,13-15,17-18,25-26,30-31H,12,16H2,1-2H3,(H,32,34)/t18-,25+,26+/m0/s1. The van der Waals surface area contributed by atoms with E-state index in [1.807, 2.05) is 37.8 Å². The number of benzene rings is 1. The third-order valence-electron chi connectivity index (χ3n) is 6.44. The molecular formula is C27H28N8. The Kier molecular flexibility index (Phi) is 6.42. The number of hydrogen-bond acceptors (Lipinski definition) is 7. The molecule has 0 spiro atoms. The molecule has 0 unspecified atom stereocenters. The Morgan fingerprint density at radius 3 is 2.66 bits per heavy atom. The van der Waals surface area contributed by atoms with Gasteiger partial charge >= 0.3 is 0 Å². The molecule has 0 fully saturated rings. The van der Waals surface area contributed by atoms with E-state index in [0.717, 1.165) is 41.3 Å². The Hall–Kier alpha value is -4.22. The van der Waals surface area contributed by atoms with Gasteiger partial charge in [-0.2, -0.15) is 10.4 Å². The van der Waals surface area contributed by atoms with Gasteiger partial charge in [-0.05, 0) is 29.2 Å².